The second-order valence-corrected chi connectivity index (χ2v) is 7.67. The number of hydrogen-bond acceptors (Lipinski definition) is 8. The highest BCUT2D eigenvalue weighted by atomic mass is 35.5. The summed E-state index contributed by atoms with van der Waals surface area (Å²) < 4.78 is 17.6. The second-order valence-electron chi connectivity index (χ2n) is 7.67. The van der Waals surface area contributed by atoms with E-state index >= 15 is 0 Å². The lowest BCUT2D eigenvalue weighted by Gasteiger charge is -2.10. The van der Waals surface area contributed by atoms with Crippen LogP contribution in [0.25, 0.3) is 28.5 Å². The van der Waals surface area contributed by atoms with Crippen LogP contribution in [0, 0.1) is 0 Å². The Balaban J connectivity index is 0.00000289. The van der Waals surface area contributed by atoms with Crippen LogP contribution in [0.15, 0.2) is 71.3 Å². The number of nitrogen functional groups attached to an aromatic ring is 1. The smallest absolute Gasteiger partial charge is 0.223 e. The maximum absolute atomic E-state index is 6.14. The minimum Gasteiger partial charge on any atom is -0.493 e. The molecule has 0 spiro atoms. The van der Waals surface area contributed by atoms with Crippen LogP contribution in [-0.2, 0) is 13.1 Å². The van der Waals surface area contributed by atoms with E-state index in [-0.39, 0.29) is 18.4 Å². The predicted octanol–water partition coefficient (Wildman–Crippen LogP) is 4.36. The van der Waals surface area contributed by atoms with Crippen LogP contribution < -0.4 is 20.5 Å². The molecule has 0 saturated heterocycles. The molecule has 0 aliphatic carbocycles. The number of methoxy groups -OCH3 is 2. The standard InChI is InChI=1S/C25H24N6O3.ClH/c1-32-20-10-7-17(12-22(20)33-2)15-27-14-16-5-8-18(9-6-16)19-13-23-29-24(21-4-3-11-34-21)30-31(23)25(26)28-19;/h3-13,27H,14-15H2,1-2H3,(H2,26,28);1H. The number of furan rings is 1. The monoisotopic (exact) mass is 492 g/mol. The van der Waals surface area contributed by atoms with Crippen LogP contribution in [0.1, 0.15) is 11.1 Å². The van der Waals surface area contributed by atoms with Gasteiger partial charge in [0.05, 0.1) is 26.2 Å². The number of halogens is 1. The highest BCUT2D eigenvalue weighted by Gasteiger charge is 2.13. The SMILES string of the molecule is COc1ccc(CNCc2ccc(-c3cc4nc(-c5ccco5)nn4c(N)n3)cc2)cc1OC.Cl. The number of benzene rings is 2. The Kier molecular flexibility index (Phi) is 7.19. The molecule has 0 atom stereocenters. The topological polar surface area (TPSA) is 113 Å². The van der Waals surface area contributed by atoms with Crippen LogP contribution in [0.3, 0.4) is 0 Å². The first-order valence-corrected chi connectivity index (χ1v) is 10.7. The second kappa shape index (κ2) is 10.5. The van der Waals surface area contributed by atoms with E-state index < -0.39 is 0 Å². The fourth-order valence-corrected chi connectivity index (χ4v) is 3.70. The molecular formula is C25H25ClN6O3. The molecule has 0 fully saturated rings. The molecule has 3 N–H and O–H groups in total. The maximum atomic E-state index is 6.14. The molecule has 0 aliphatic heterocycles. The van der Waals surface area contributed by atoms with Gasteiger partial charge in [-0.05, 0) is 35.4 Å². The van der Waals surface area contributed by atoms with Crippen LogP contribution >= 0.6 is 12.4 Å². The molecule has 5 aromatic rings. The van der Waals surface area contributed by atoms with Crippen molar-refractivity contribution in [2.45, 2.75) is 13.1 Å². The lowest BCUT2D eigenvalue weighted by molar-refractivity contribution is 0.354. The normalized spacial score (nSPS) is 10.8. The van der Waals surface area contributed by atoms with E-state index in [4.69, 9.17) is 19.6 Å². The molecule has 10 heteroatoms. The van der Waals surface area contributed by atoms with Gasteiger partial charge in [0.2, 0.25) is 11.8 Å². The highest BCUT2D eigenvalue weighted by molar-refractivity contribution is 5.85. The first-order valence-electron chi connectivity index (χ1n) is 10.7. The Labute approximate surface area is 208 Å². The molecule has 0 unspecified atom stereocenters. The van der Waals surface area contributed by atoms with Gasteiger partial charge < -0.3 is 24.9 Å². The number of ether oxygens (including phenoxy) is 2. The van der Waals surface area contributed by atoms with Crippen molar-refractivity contribution < 1.29 is 13.9 Å². The van der Waals surface area contributed by atoms with E-state index in [1.165, 1.54) is 4.52 Å². The van der Waals surface area contributed by atoms with Gasteiger partial charge in [0.1, 0.15) is 0 Å². The summed E-state index contributed by atoms with van der Waals surface area (Å²) in [5.41, 5.74) is 10.7. The summed E-state index contributed by atoms with van der Waals surface area (Å²) in [6.45, 7) is 1.43. The van der Waals surface area contributed by atoms with Gasteiger partial charge in [0.25, 0.3) is 0 Å². The predicted molar refractivity (Wildman–Crippen MR) is 136 cm³/mol. The van der Waals surface area contributed by atoms with Gasteiger partial charge in [-0.15, -0.1) is 17.5 Å². The number of nitrogens with zero attached hydrogens (tertiary/aromatic N) is 4. The van der Waals surface area contributed by atoms with Crippen LogP contribution in [0.2, 0.25) is 0 Å². The quantitative estimate of drug-likeness (QED) is 0.328. The molecule has 3 heterocycles. The molecule has 180 valence electrons. The van der Waals surface area contributed by atoms with Crippen molar-refractivity contribution >= 4 is 24.0 Å². The molecule has 5 rings (SSSR count). The molecule has 9 nitrogen and oxygen atoms in total. The third-order valence-corrected chi connectivity index (χ3v) is 5.45. The average molecular weight is 493 g/mol. The van der Waals surface area contributed by atoms with Gasteiger partial charge in [-0.3, -0.25) is 0 Å². The largest absolute Gasteiger partial charge is 0.493 e. The van der Waals surface area contributed by atoms with Crippen molar-refractivity contribution in [2.75, 3.05) is 20.0 Å². The van der Waals surface area contributed by atoms with Gasteiger partial charge in [-0.25, -0.2) is 9.97 Å². The summed E-state index contributed by atoms with van der Waals surface area (Å²) in [6, 6.07) is 19.5. The van der Waals surface area contributed by atoms with Gasteiger partial charge >= 0.3 is 0 Å². The number of nitrogens with one attached hydrogen (secondary N) is 1. The zero-order valence-electron chi connectivity index (χ0n) is 19.3. The van der Waals surface area contributed by atoms with Crippen molar-refractivity contribution in [2.24, 2.45) is 0 Å². The zero-order chi connectivity index (χ0) is 23.5. The molecule has 0 saturated carbocycles. The molecule has 0 bridgehead atoms. The Morgan fingerprint density at radius 2 is 1.66 bits per heavy atom. The zero-order valence-corrected chi connectivity index (χ0v) is 20.1. The number of anilines is 1. The Hall–Kier alpha value is -4.08. The summed E-state index contributed by atoms with van der Waals surface area (Å²) >= 11 is 0. The third-order valence-electron chi connectivity index (χ3n) is 5.45. The first-order chi connectivity index (χ1) is 16.6. The fourth-order valence-electron chi connectivity index (χ4n) is 3.70. The molecule has 0 aliphatic rings. The number of rotatable bonds is 8. The third kappa shape index (κ3) is 5.06. The van der Waals surface area contributed by atoms with Crippen molar-refractivity contribution in [1.82, 2.24) is 24.9 Å². The van der Waals surface area contributed by atoms with E-state index in [2.05, 4.69) is 32.5 Å². The van der Waals surface area contributed by atoms with Gasteiger partial charge in [0.15, 0.2) is 22.9 Å². The number of nitrogens with two attached hydrogens (primary N) is 1. The molecule has 3 aromatic heterocycles. The average Bonchev–Trinajstić information content (AvgIpc) is 3.55. The van der Waals surface area contributed by atoms with Crippen molar-refractivity contribution in [1.29, 1.82) is 0 Å². The van der Waals surface area contributed by atoms with E-state index in [0.29, 0.717) is 23.8 Å². The van der Waals surface area contributed by atoms with Crippen molar-refractivity contribution in [3.05, 3.63) is 78.1 Å². The van der Waals surface area contributed by atoms with E-state index in [9.17, 15) is 0 Å². The Bertz CT molecular complexity index is 1420. The van der Waals surface area contributed by atoms with Crippen molar-refractivity contribution in [3.63, 3.8) is 0 Å². The van der Waals surface area contributed by atoms with Crippen LogP contribution in [0.5, 0.6) is 11.5 Å². The number of aromatic nitrogens is 4. The van der Waals surface area contributed by atoms with Crippen molar-refractivity contribution in [3.8, 4) is 34.3 Å². The lowest BCUT2D eigenvalue weighted by Crippen LogP contribution is -2.12. The minimum absolute atomic E-state index is 0. The Morgan fingerprint density at radius 3 is 2.37 bits per heavy atom. The van der Waals surface area contributed by atoms with Gasteiger partial charge in [-0.1, -0.05) is 30.3 Å². The molecule has 0 radical (unpaired) electrons. The molecular weight excluding hydrogens is 468 g/mol. The number of fused-ring (bicyclic) bond motifs is 1. The fraction of sp³-hybridized carbons (Fsp3) is 0.160. The lowest BCUT2D eigenvalue weighted by atomic mass is 10.1. The summed E-state index contributed by atoms with van der Waals surface area (Å²) in [5.74, 6) is 2.75. The van der Waals surface area contributed by atoms with Gasteiger partial charge in [0, 0.05) is 24.7 Å². The molecule has 0 amide bonds. The highest BCUT2D eigenvalue weighted by Crippen LogP contribution is 2.27. The maximum Gasteiger partial charge on any atom is 0.223 e. The van der Waals surface area contributed by atoms with E-state index in [1.807, 2.05) is 36.4 Å². The summed E-state index contributed by atoms with van der Waals surface area (Å²) in [4.78, 5) is 9.02. The number of hydrogen-bond donors (Lipinski definition) is 2. The first kappa shape index (κ1) is 24.1. The summed E-state index contributed by atoms with van der Waals surface area (Å²) in [7, 11) is 3.27. The molecule has 2 aromatic carbocycles. The van der Waals surface area contributed by atoms with Crippen LogP contribution in [-0.4, -0.2) is 33.8 Å². The van der Waals surface area contributed by atoms with E-state index in [0.717, 1.165) is 40.4 Å². The summed E-state index contributed by atoms with van der Waals surface area (Å²) in [5, 5.41) is 7.84. The van der Waals surface area contributed by atoms with Crippen LogP contribution in [0.4, 0.5) is 5.95 Å². The van der Waals surface area contributed by atoms with Gasteiger partial charge in [-0.2, -0.15) is 4.52 Å². The van der Waals surface area contributed by atoms with E-state index in [1.54, 1.807) is 32.6 Å². The Morgan fingerprint density at radius 1 is 0.914 bits per heavy atom. The minimum atomic E-state index is 0. The molecule has 35 heavy (non-hydrogen) atoms. The summed E-state index contributed by atoms with van der Waals surface area (Å²) in [6.07, 6.45) is 1.58.